The maximum absolute atomic E-state index is 8.55. The maximum atomic E-state index is 8.55. The van der Waals surface area contributed by atoms with E-state index in [0.29, 0.717) is 0 Å². The molecule has 0 aliphatic rings. The summed E-state index contributed by atoms with van der Waals surface area (Å²) >= 11 is 0. The Hall–Kier alpha value is 3.33. The molecule has 0 aromatic rings. The van der Waals surface area contributed by atoms with E-state index in [4.69, 9.17) is 19.2 Å². The van der Waals surface area contributed by atoms with Crippen molar-refractivity contribution in [1.29, 1.82) is 0 Å². The van der Waals surface area contributed by atoms with E-state index in [-0.39, 0.29) is 97.4 Å². The summed E-state index contributed by atoms with van der Waals surface area (Å²) in [6.45, 7) is 0. The minimum absolute atomic E-state index is 0. The molecule has 0 saturated carbocycles. The van der Waals surface area contributed by atoms with Gasteiger partial charge in [0.2, 0.25) is 0 Å². The van der Waals surface area contributed by atoms with Crippen LogP contribution in [0.25, 0.3) is 0 Å². The summed E-state index contributed by atoms with van der Waals surface area (Å²) in [6, 6.07) is 0. The minimum atomic E-state index is -5.39. The predicted octanol–water partition coefficient (Wildman–Crippen LogP) is -6.20. The van der Waals surface area contributed by atoms with Crippen LogP contribution in [0.3, 0.4) is 0 Å². The summed E-state index contributed by atoms with van der Waals surface area (Å²) in [5, 5.41) is 0. The molecule has 0 aliphatic carbocycles. The average molecular weight is 387 g/mol. The van der Waals surface area contributed by atoms with Crippen molar-refractivity contribution in [1.82, 2.24) is 0 Å². The maximum Gasteiger partial charge on any atom is 5.00 e. The van der Waals surface area contributed by atoms with Gasteiger partial charge in [-0.05, 0) is 0 Å². The summed E-state index contributed by atoms with van der Waals surface area (Å²) in [4.78, 5) is 25.6. The van der Waals surface area contributed by atoms with Crippen LogP contribution >= 0.6 is 7.82 Å². The van der Waals surface area contributed by atoms with Gasteiger partial charge in [0.1, 0.15) is 0 Å². The van der Waals surface area contributed by atoms with Gasteiger partial charge in [-0.3, -0.25) is 0 Å². The number of hydrogen-bond donors (Lipinski definition) is 0. The molecule has 0 radical (unpaired) electrons. The fraction of sp³-hybridized carbons (Fsp3) is 0. The third-order valence-corrected chi connectivity index (χ3v) is 0. The Balaban J connectivity index is -0.0000000267. The van der Waals surface area contributed by atoms with Crippen LogP contribution in [-0.2, 0) is 26.9 Å². The van der Waals surface area contributed by atoms with Gasteiger partial charge >= 0.3 is 97.4 Å². The van der Waals surface area contributed by atoms with Gasteiger partial charge in [0.15, 0.2) is 0 Å². The summed E-state index contributed by atoms with van der Waals surface area (Å²) in [5.74, 6) is 0. The van der Waals surface area contributed by atoms with Crippen LogP contribution in [-0.4, -0.2) is 45.5 Å². The molecule has 0 rings (SSSR count). The van der Waals surface area contributed by atoms with E-state index in [1.165, 1.54) is 0 Å². The molecule has 0 bridgehead atoms. The van der Waals surface area contributed by atoms with Crippen molar-refractivity contribution < 1.29 is 71.2 Å². The first-order valence-electron chi connectivity index (χ1n) is 0.730. The Morgan fingerprint density at radius 1 is 1.12 bits per heavy atom. The Kier molecular flexibility index (Phi) is 29.1. The fourth-order valence-corrected chi connectivity index (χ4v) is 0. The van der Waals surface area contributed by atoms with Crippen molar-refractivity contribution in [2.24, 2.45) is 0 Å². The van der Waals surface area contributed by atoms with Crippen LogP contribution in [0.4, 0.5) is 0 Å². The van der Waals surface area contributed by atoms with Crippen molar-refractivity contribution in [3.05, 3.63) is 0 Å². The quantitative estimate of drug-likeness (QED) is 0.306. The van der Waals surface area contributed by atoms with Crippen molar-refractivity contribution in [2.45, 2.75) is 0 Å². The zero-order valence-electron chi connectivity index (χ0n) is 4.23. The first-order valence-corrected chi connectivity index (χ1v) is 2.19. The van der Waals surface area contributed by atoms with Gasteiger partial charge < -0.3 is 19.2 Å². The summed E-state index contributed by atoms with van der Waals surface area (Å²) in [5.41, 5.74) is 0. The van der Waals surface area contributed by atoms with Crippen LogP contribution in [0.2, 0.25) is 0 Å². The molecule has 0 spiro atoms. The van der Waals surface area contributed by atoms with Crippen molar-refractivity contribution in [3.63, 3.8) is 0 Å². The molecule has 0 N–H and O–H groups in total. The SMILES string of the molecule is O=P([O-])([O-])[O-].[Na+].[Sr+2].[Ta+5]. The second-order valence-corrected chi connectivity index (χ2v) is 1.34. The molecule has 32 valence electrons. The third-order valence-electron chi connectivity index (χ3n) is 0. The predicted molar refractivity (Wildman–Crippen MR) is 13.4 cm³/mol. The molecule has 0 aromatic carbocycles. The van der Waals surface area contributed by atoms with Gasteiger partial charge in [-0.25, -0.2) is 0 Å². The molecule has 0 atom stereocenters. The number of hydrogen-bond acceptors (Lipinski definition) is 4. The first kappa shape index (κ1) is 22.5. The number of rotatable bonds is 0. The zero-order chi connectivity index (χ0) is 4.50. The Morgan fingerprint density at radius 3 is 1.12 bits per heavy atom. The van der Waals surface area contributed by atoms with Gasteiger partial charge in [0, 0.05) is 0 Å². The Morgan fingerprint density at radius 2 is 1.12 bits per heavy atom. The summed E-state index contributed by atoms with van der Waals surface area (Å²) < 4.78 is 8.55. The smallest absolute Gasteiger partial charge is 0.822 e. The largest absolute Gasteiger partial charge is 5.00 e. The Labute approximate surface area is 122 Å². The monoisotopic (exact) mass is 387 g/mol. The van der Waals surface area contributed by atoms with Crippen LogP contribution in [0.15, 0.2) is 0 Å². The molecule has 0 heterocycles. The normalized spacial score (nSPS) is 7.38. The molecule has 8 heavy (non-hydrogen) atoms. The van der Waals surface area contributed by atoms with Crippen LogP contribution in [0, 0.1) is 0 Å². The van der Waals surface area contributed by atoms with Gasteiger partial charge in [0.25, 0.3) is 0 Å². The fourth-order valence-electron chi connectivity index (χ4n) is 0. The minimum Gasteiger partial charge on any atom is -0.822 e. The van der Waals surface area contributed by atoms with E-state index in [0.717, 1.165) is 0 Å². The van der Waals surface area contributed by atoms with Crippen LogP contribution in [0.1, 0.15) is 0 Å². The molecule has 0 amide bonds. The Bertz CT molecular complexity index is 62.2. The van der Waals surface area contributed by atoms with Crippen molar-refractivity contribution >= 4 is 53.3 Å². The summed E-state index contributed by atoms with van der Waals surface area (Å²) in [7, 11) is -5.39. The summed E-state index contributed by atoms with van der Waals surface area (Å²) in [6.07, 6.45) is 0. The molecular formula is NaO4PSrTa+5. The molecular weight excluding hydrogens is 387 g/mol. The molecule has 0 aliphatic heterocycles. The average Bonchev–Trinajstić information content (AvgIpc) is 0.722. The molecule has 8 heteroatoms. The van der Waals surface area contributed by atoms with Gasteiger partial charge in [-0.15, -0.1) is 0 Å². The number of phosphoric acid groups is 1. The second-order valence-electron chi connectivity index (χ2n) is 0.447. The molecule has 0 unspecified atom stereocenters. The van der Waals surface area contributed by atoms with Crippen molar-refractivity contribution in [3.8, 4) is 0 Å². The molecule has 4 nitrogen and oxygen atoms in total. The van der Waals surface area contributed by atoms with E-state index in [2.05, 4.69) is 0 Å². The van der Waals surface area contributed by atoms with Crippen LogP contribution < -0.4 is 44.2 Å². The van der Waals surface area contributed by atoms with E-state index in [1.807, 2.05) is 0 Å². The van der Waals surface area contributed by atoms with E-state index >= 15 is 0 Å². The van der Waals surface area contributed by atoms with Crippen molar-refractivity contribution in [2.75, 3.05) is 0 Å². The van der Waals surface area contributed by atoms with Crippen LogP contribution in [0.5, 0.6) is 0 Å². The third kappa shape index (κ3) is 58.4. The standard InChI is InChI=1S/Na.H3O4P.Sr.Ta/c;1-5(2,3)4;;/h;(H3,1,2,3,4);;/q+1;;+2;+5/p-3. The van der Waals surface area contributed by atoms with Gasteiger partial charge in [-0.1, -0.05) is 0 Å². The molecule has 0 saturated heterocycles. The van der Waals surface area contributed by atoms with E-state index < -0.39 is 7.82 Å². The van der Waals surface area contributed by atoms with E-state index in [1.54, 1.807) is 0 Å². The topological polar surface area (TPSA) is 86.2 Å². The molecule has 0 fully saturated rings. The second kappa shape index (κ2) is 10.3. The first-order chi connectivity index (χ1) is 2.00. The van der Waals surface area contributed by atoms with E-state index in [9.17, 15) is 0 Å². The zero-order valence-corrected chi connectivity index (χ0v) is 13.8. The van der Waals surface area contributed by atoms with Gasteiger partial charge in [0.05, 0.1) is 0 Å². The molecule has 0 aromatic heterocycles. The van der Waals surface area contributed by atoms with Gasteiger partial charge in [-0.2, -0.15) is 7.82 Å².